The van der Waals surface area contributed by atoms with Gasteiger partial charge in [-0.05, 0) is 13.3 Å². The lowest BCUT2D eigenvalue weighted by Crippen LogP contribution is -1.81. The minimum Gasteiger partial charge on any atom is -0.392 e. The maximum absolute atomic E-state index is 8.68. The molecule has 0 rings (SSSR count). The van der Waals surface area contributed by atoms with Gasteiger partial charge in [0.2, 0.25) is 0 Å². The van der Waals surface area contributed by atoms with Crippen molar-refractivity contribution in [3.8, 4) is 0 Å². The van der Waals surface area contributed by atoms with Crippen molar-refractivity contribution >= 4 is 0 Å². The second kappa shape index (κ2) is 3.88. The lowest BCUT2D eigenvalue weighted by molar-refractivity contribution is 0.331. The summed E-state index contributed by atoms with van der Waals surface area (Å²) in [6.07, 6.45) is 2.42. The van der Waals surface area contributed by atoms with Crippen molar-refractivity contribution in [2.45, 2.75) is 20.3 Å². The molecule has 7 heavy (non-hydrogen) atoms. The van der Waals surface area contributed by atoms with E-state index in [1.807, 2.05) is 6.92 Å². The highest BCUT2D eigenvalue weighted by molar-refractivity contribution is 4.96. The highest BCUT2D eigenvalue weighted by Gasteiger charge is 1.77. The van der Waals surface area contributed by atoms with Gasteiger partial charge in [-0.2, -0.15) is 0 Å². The molecule has 0 atom stereocenters. The van der Waals surface area contributed by atoms with E-state index in [1.165, 1.54) is 0 Å². The molecule has 0 saturated heterocycles. The summed E-state index contributed by atoms with van der Waals surface area (Å²) in [6.45, 7) is 1.34. The van der Waals surface area contributed by atoms with E-state index in [2.05, 4.69) is 0 Å². The second-order valence-corrected chi connectivity index (χ2v) is 1.41. The normalized spacial score (nSPS) is 18.4. The van der Waals surface area contributed by atoms with E-state index in [9.17, 15) is 0 Å². The van der Waals surface area contributed by atoms with Gasteiger partial charge in [0.15, 0.2) is 0 Å². The molecule has 0 saturated carbocycles. The highest BCUT2D eigenvalue weighted by atomic mass is 16.3. The van der Waals surface area contributed by atoms with Crippen LogP contribution in [0.3, 0.4) is 0 Å². The summed E-state index contributed by atoms with van der Waals surface area (Å²) in [4.78, 5) is 0. The lowest BCUT2D eigenvalue weighted by atomic mass is 10.3. The first-order chi connectivity index (χ1) is 3.98. The molecule has 1 nitrogen and oxygen atoms in total. The van der Waals surface area contributed by atoms with E-state index in [4.69, 9.17) is 7.85 Å². The van der Waals surface area contributed by atoms with Gasteiger partial charge in [-0.15, -0.1) is 0 Å². The Balaban J connectivity index is 4.03. The Labute approximate surface area is 47.5 Å². The maximum atomic E-state index is 8.68. The Morgan fingerprint density at radius 1 is 2.00 bits per heavy atom. The third-order valence-corrected chi connectivity index (χ3v) is 0.687. The van der Waals surface area contributed by atoms with E-state index in [-0.39, 0.29) is 0 Å². The fourth-order valence-corrected chi connectivity index (χ4v) is 0.352. The van der Waals surface area contributed by atoms with E-state index >= 15 is 0 Å². The van der Waals surface area contributed by atoms with Gasteiger partial charge in [-0.3, -0.25) is 0 Å². The molecule has 0 aromatic heterocycles. The third kappa shape index (κ3) is 3.53. The van der Waals surface area contributed by atoms with Crippen LogP contribution in [-0.2, 0) is 0 Å². The van der Waals surface area contributed by atoms with Gasteiger partial charge in [-0.25, -0.2) is 0 Å². The standard InChI is InChI=1S/C6H12O/c1-3-4-6(2)5-7/h4,7H,3,5H2,1-2H3/b6-4+/i5D2. The van der Waals surface area contributed by atoms with Gasteiger partial charge < -0.3 is 5.11 Å². The summed E-state index contributed by atoms with van der Waals surface area (Å²) < 4.78 is 13.6. The zero-order chi connectivity index (χ0) is 7.49. The monoisotopic (exact) mass is 102 g/mol. The summed E-state index contributed by atoms with van der Waals surface area (Å²) in [6, 6.07) is 0. The van der Waals surface area contributed by atoms with Crippen molar-refractivity contribution < 1.29 is 7.85 Å². The number of rotatable bonds is 2. The Kier molecular flexibility index (Phi) is 2.03. The fraction of sp³-hybridized carbons (Fsp3) is 0.667. The van der Waals surface area contributed by atoms with Crippen molar-refractivity contribution in [1.29, 1.82) is 0 Å². The molecule has 0 radical (unpaired) electrons. The molecule has 42 valence electrons. The molecule has 0 aromatic carbocycles. The lowest BCUT2D eigenvalue weighted by Gasteiger charge is -1.88. The van der Waals surface area contributed by atoms with Crippen LogP contribution in [0.15, 0.2) is 11.6 Å². The van der Waals surface area contributed by atoms with Crippen LogP contribution in [0, 0.1) is 0 Å². The van der Waals surface area contributed by atoms with E-state index < -0.39 is 6.56 Å². The zero-order valence-electron chi connectivity index (χ0n) is 6.73. The van der Waals surface area contributed by atoms with Crippen LogP contribution in [0.1, 0.15) is 23.0 Å². The number of aliphatic hydroxyl groups is 1. The van der Waals surface area contributed by atoms with Gasteiger partial charge in [0.1, 0.15) is 0 Å². The van der Waals surface area contributed by atoms with Crippen molar-refractivity contribution in [3.63, 3.8) is 0 Å². The first-order valence-corrected chi connectivity index (χ1v) is 2.38. The predicted octanol–water partition coefficient (Wildman–Crippen LogP) is 1.33. The van der Waals surface area contributed by atoms with Crippen molar-refractivity contribution in [3.05, 3.63) is 11.6 Å². The van der Waals surface area contributed by atoms with Crippen LogP contribution in [0.5, 0.6) is 0 Å². The molecule has 0 aromatic rings. The number of allylic oxidation sites excluding steroid dienone is 1. The molecule has 0 aliphatic heterocycles. The van der Waals surface area contributed by atoms with Gasteiger partial charge in [0, 0.05) is 0 Å². The smallest absolute Gasteiger partial charge is 0.0639 e. The topological polar surface area (TPSA) is 20.2 Å². The Bertz CT molecular complexity index is 113. The molecule has 0 spiro atoms. The molecule has 0 fully saturated rings. The van der Waals surface area contributed by atoms with Crippen LogP contribution in [-0.4, -0.2) is 11.7 Å². The summed E-state index contributed by atoms with van der Waals surface area (Å²) in [5.41, 5.74) is 0.380. The van der Waals surface area contributed by atoms with E-state index in [0.717, 1.165) is 6.42 Å². The van der Waals surface area contributed by atoms with Gasteiger partial charge >= 0.3 is 0 Å². The van der Waals surface area contributed by atoms with Crippen LogP contribution >= 0.6 is 0 Å². The first-order valence-electron chi connectivity index (χ1n) is 3.38. The Morgan fingerprint density at radius 2 is 2.57 bits per heavy atom. The average molecular weight is 102 g/mol. The SMILES string of the molecule is [2H]C([2H])(O)/C(C)=C/CC. The number of hydrogen-bond donors (Lipinski definition) is 1. The van der Waals surface area contributed by atoms with Crippen LogP contribution in [0.25, 0.3) is 0 Å². The van der Waals surface area contributed by atoms with Crippen LogP contribution < -0.4 is 0 Å². The molecule has 0 amide bonds. The summed E-state index contributed by atoms with van der Waals surface area (Å²) >= 11 is 0. The molecule has 0 bridgehead atoms. The zero-order valence-corrected chi connectivity index (χ0v) is 4.73. The van der Waals surface area contributed by atoms with Crippen molar-refractivity contribution in [1.82, 2.24) is 0 Å². The fourth-order valence-electron chi connectivity index (χ4n) is 0.352. The molecule has 0 heterocycles. The minimum atomic E-state index is -2.13. The third-order valence-electron chi connectivity index (χ3n) is 0.687. The minimum absolute atomic E-state index is 0.380. The van der Waals surface area contributed by atoms with Crippen molar-refractivity contribution in [2.24, 2.45) is 0 Å². The molecule has 0 aliphatic carbocycles. The molecule has 1 heteroatoms. The van der Waals surface area contributed by atoms with E-state index in [1.54, 1.807) is 13.0 Å². The molecular weight excluding hydrogens is 88.1 g/mol. The van der Waals surface area contributed by atoms with Crippen LogP contribution in [0.4, 0.5) is 0 Å². The largest absolute Gasteiger partial charge is 0.392 e. The summed E-state index contributed by atoms with van der Waals surface area (Å²) in [5, 5.41) is 8.68. The van der Waals surface area contributed by atoms with E-state index in [0.29, 0.717) is 5.57 Å². The molecular formula is C6H12O. The van der Waals surface area contributed by atoms with Gasteiger partial charge in [0.25, 0.3) is 0 Å². The Morgan fingerprint density at radius 3 is 2.71 bits per heavy atom. The van der Waals surface area contributed by atoms with Crippen LogP contribution in [0.2, 0.25) is 0 Å². The maximum Gasteiger partial charge on any atom is 0.0639 e. The predicted molar refractivity (Wildman–Crippen MR) is 31.1 cm³/mol. The highest BCUT2D eigenvalue weighted by Crippen LogP contribution is 1.90. The molecule has 0 aliphatic rings. The molecule has 1 N–H and O–H groups in total. The first kappa shape index (κ1) is 3.67. The van der Waals surface area contributed by atoms with Crippen molar-refractivity contribution in [2.75, 3.05) is 6.56 Å². The Hall–Kier alpha value is -0.300. The summed E-state index contributed by atoms with van der Waals surface area (Å²) in [7, 11) is 0. The quantitative estimate of drug-likeness (QED) is 0.521. The number of hydrogen-bond acceptors (Lipinski definition) is 1. The molecule has 0 unspecified atom stereocenters. The second-order valence-electron chi connectivity index (χ2n) is 1.41. The average Bonchev–Trinajstić information content (AvgIpc) is 1.64. The van der Waals surface area contributed by atoms with Gasteiger partial charge in [0.05, 0.1) is 9.30 Å². The summed E-state index contributed by atoms with van der Waals surface area (Å²) in [5.74, 6) is 0. The van der Waals surface area contributed by atoms with Gasteiger partial charge in [-0.1, -0.05) is 18.6 Å².